The van der Waals surface area contributed by atoms with Gasteiger partial charge in [0.25, 0.3) is 5.91 Å². The Morgan fingerprint density at radius 2 is 1.49 bits per heavy atom. The number of aromatic nitrogens is 1. The predicted molar refractivity (Wildman–Crippen MR) is 146 cm³/mol. The lowest BCUT2D eigenvalue weighted by atomic mass is 10.1. The molecular formula is C30H44ClIN2O3. The molecule has 0 unspecified atom stereocenters. The molecule has 0 aliphatic rings. The van der Waals surface area contributed by atoms with Crippen molar-refractivity contribution >= 4 is 23.4 Å². The maximum Gasteiger partial charge on any atom is 0.261 e. The maximum atomic E-state index is 13.0. The van der Waals surface area contributed by atoms with Gasteiger partial charge in [0.1, 0.15) is 19.3 Å². The van der Waals surface area contributed by atoms with Gasteiger partial charge >= 0.3 is 0 Å². The second kappa shape index (κ2) is 19.4. The summed E-state index contributed by atoms with van der Waals surface area (Å²) in [4.78, 5) is 26.5. The molecule has 0 atom stereocenters. The van der Waals surface area contributed by atoms with Gasteiger partial charge in [-0.25, -0.2) is 4.57 Å². The topological polar surface area (TPSA) is 50.5 Å². The molecule has 2 aromatic rings. The summed E-state index contributed by atoms with van der Waals surface area (Å²) in [5.74, 6) is -0.117. The molecule has 206 valence electrons. The number of benzene rings is 1. The fraction of sp³-hybridized carbons (Fsp3) is 0.567. The fourth-order valence-corrected chi connectivity index (χ4v) is 4.48. The molecule has 1 heterocycles. The predicted octanol–water partition coefficient (Wildman–Crippen LogP) is 4.44. The highest BCUT2D eigenvalue weighted by molar-refractivity contribution is 6.32. The number of unbranched alkanes of at least 4 members (excludes halogenated alkanes) is 11. The highest BCUT2D eigenvalue weighted by atomic mass is 127. The van der Waals surface area contributed by atoms with Crippen LogP contribution in [-0.2, 0) is 18.4 Å². The summed E-state index contributed by atoms with van der Waals surface area (Å²) in [6, 6.07) is 10.7. The van der Waals surface area contributed by atoms with Crippen LogP contribution in [0.15, 0.2) is 42.6 Å². The van der Waals surface area contributed by atoms with Gasteiger partial charge in [-0.3, -0.25) is 14.5 Å². The quantitative estimate of drug-likeness (QED) is 0.146. The molecule has 1 aromatic heterocycles. The Morgan fingerprint density at radius 3 is 2.03 bits per heavy atom. The number of carbonyl (C=O) groups excluding carboxylic acids is 2. The number of pyridine rings is 1. The normalized spacial score (nSPS) is 10.6. The monoisotopic (exact) mass is 642 g/mol. The van der Waals surface area contributed by atoms with Crippen molar-refractivity contribution in [3.8, 4) is 5.75 Å². The third-order valence-corrected chi connectivity index (χ3v) is 6.84. The number of hydrogen-bond acceptors (Lipinski definition) is 3. The fourth-order valence-electron chi connectivity index (χ4n) is 4.24. The van der Waals surface area contributed by atoms with Crippen LogP contribution in [0, 0.1) is 0 Å². The van der Waals surface area contributed by atoms with Crippen LogP contribution in [0.2, 0.25) is 5.02 Å². The minimum Gasteiger partial charge on any atom is -1.00 e. The summed E-state index contributed by atoms with van der Waals surface area (Å²) in [7, 11) is 1.89. The van der Waals surface area contributed by atoms with Gasteiger partial charge in [0.15, 0.2) is 6.20 Å². The molecule has 0 radical (unpaired) electrons. The number of carbonyl (C=O) groups is 2. The first-order chi connectivity index (χ1) is 17.4. The van der Waals surface area contributed by atoms with E-state index in [-0.39, 0.29) is 42.3 Å². The van der Waals surface area contributed by atoms with Crippen LogP contribution in [0.4, 0.5) is 0 Å². The van der Waals surface area contributed by atoms with Gasteiger partial charge in [0.2, 0.25) is 11.6 Å². The van der Waals surface area contributed by atoms with E-state index in [1.54, 1.807) is 18.2 Å². The number of halogens is 2. The molecule has 0 saturated heterocycles. The molecule has 0 spiro atoms. The Balaban J connectivity index is 0.00000684. The van der Waals surface area contributed by atoms with Crippen LogP contribution in [0.25, 0.3) is 0 Å². The zero-order valence-electron chi connectivity index (χ0n) is 22.8. The third-order valence-electron chi connectivity index (χ3n) is 6.54. The molecule has 2 rings (SSSR count). The lowest BCUT2D eigenvalue weighted by molar-refractivity contribution is -0.679. The van der Waals surface area contributed by atoms with E-state index < -0.39 is 0 Å². The van der Waals surface area contributed by atoms with Gasteiger partial charge in [0.05, 0.1) is 11.6 Å². The van der Waals surface area contributed by atoms with Gasteiger partial charge < -0.3 is 28.7 Å². The van der Waals surface area contributed by atoms with E-state index in [1.807, 2.05) is 36.0 Å². The SMILES string of the molecule is CCCCCCCCCCCCCCOc1ccc(C(=O)N(Cc2cccc[n+]2C)C(C)=O)cc1Cl.[I-]. The largest absolute Gasteiger partial charge is 1.00 e. The van der Waals surface area contributed by atoms with Crippen molar-refractivity contribution in [2.75, 3.05) is 6.61 Å². The maximum absolute atomic E-state index is 13.0. The van der Waals surface area contributed by atoms with E-state index in [0.29, 0.717) is 22.9 Å². The molecule has 2 amide bonds. The van der Waals surface area contributed by atoms with Crippen LogP contribution in [0.1, 0.15) is 107 Å². The lowest BCUT2D eigenvalue weighted by Gasteiger charge is -2.18. The Labute approximate surface area is 245 Å². The van der Waals surface area contributed by atoms with E-state index in [9.17, 15) is 9.59 Å². The number of amides is 2. The van der Waals surface area contributed by atoms with Crippen LogP contribution >= 0.6 is 11.6 Å². The molecular weight excluding hydrogens is 599 g/mol. The first-order valence-corrected chi connectivity index (χ1v) is 14.0. The molecule has 7 heteroatoms. The molecule has 0 fully saturated rings. The summed E-state index contributed by atoms with van der Waals surface area (Å²) in [5.41, 5.74) is 1.22. The van der Waals surface area contributed by atoms with Crippen molar-refractivity contribution < 1.29 is 42.9 Å². The second-order valence-electron chi connectivity index (χ2n) is 9.60. The summed E-state index contributed by atoms with van der Waals surface area (Å²) in [6.07, 6.45) is 17.5. The Bertz CT molecular complexity index is 954. The minimum atomic E-state index is -0.374. The van der Waals surface area contributed by atoms with E-state index in [0.717, 1.165) is 18.5 Å². The summed E-state index contributed by atoms with van der Waals surface area (Å²) < 4.78 is 7.75. The van der Waals surface area contributed by atoms with Crippen molar-refractivity contribution in [2.45, 2.75) is 97.4 Å². The van der Waals surface area contributed by atoms with Gasteiger partial charge in [-0.15, -0.1) is 0 Å². The number of ether oxygens (including phenoxy) is 1. The van der Waals surface area contributed by atoms with E-state index >= 15 is 0 Å². The first-order valence-electron chi connectivity index (χ1n) is 13.6. The zero-order chi connectivity index (χ0) is 26.2. The molecule has 0 N–H and O–H groups in total. The second-order valence-corrected chi connectivity index (χ2v) is 10.0. The van der Waals surface area contributed by atoms with Gasteiger partial charge in [0, 0.05) is 24.6 Å². The third kappa shape index (κ3) is 12.6. The molecule has 1 aromatic carbocycles. The Hall–Kier alpha value is -1.67. The number of imide groups is 1. The lowest BCUT2D eigenvalue weighted by Crippen LogP contribution is -3.00. The highest BCUT2D eigenvalue weighted by Crippen LogP contribution is 2.26. The van der Waals surface area contributed by atoms with Gasteiger partial charge in [-0.05, 0) is 24.6 Å². The van der Waals surface area contributed by atoms with Crippen molar-refractivity contribution in [1.29, 1.82) is 0 Å². The van der Waals surface area contributed by atoms with Crippen LogP contribution in [0.5, 0.6) is 5.75 Å². The number of rotatable bonds is 17. The van der Waals surface area contributed by atoms with E-state index in [2.05, 4.69) is 6.92 Å². The summed E-state index contributed by atoms with van der Waals surface area (Å²) >= 11 is 6.41. The Kier molecular flexibility index (Phi) is 17.5. The number of hydrogen-bond donors (Lipinski definition) is 0. The zero-order valence-corrected chi connectivity index (χ0v) is 25.7. The van der Waals surface area contributed by atoms with Gasteiger partial charge in [-0.1, -0.05) is 95.2 Å². The number of nitrogens with zero attached hydrogens (tertiary/aromatic N) is 2. The first kappa shape index (κ1) is 33.4. The molecule has 0 bridgehead atoms. The van der Waals surface area contributed by atoms with E-state index in [4.69, 9.17) is 16.3 Å². The van der Waals surface area contributed by atoms with E-state index in [1.165, 1.54) is 76.0 Å². The average Bonchev–Trinajstić information content (AvgIpc) is 2.86. The van der Waals surface area contributed by atoms with Crippen molar-refractivity contribution in [3.63, 3.8) is 0 Å². The van der Waals surface area contributed by atoms with Crippen molar-refractivity contribution in [3.05, 3.63) is 58.9 Å². The summed E-state index contributed by atoms with van der Waals surface area (Å²) in [6.45, 7) is 4.46. The average molecular weight is 643 g/mol. The van der Waals surface area contributed by atoms with Crippen LogP contribution in [-0.4, -0.2) is 23.3 Å². The summed E-state index contributed by atoms with van der Waals surface area (Å²) in [5, 5.41) is 0.383. The molecule has 0 aliphatic heterocycles. The number of aryl methyl sites for hydroxylation is 1. The smallest absolute Gasteiger partial charge is 0.261 e. The minimum absolute atomic E-state index is 0. The molecule has 37 heavy (non-hydrogen) atoms. The molecule has 0 aliphatic carbocycles. The van der Waals surface area contributed by atoms with Crippen LogP contribution < -0.4 is 33.3 Å². The molecule has 0 saturated carbocycles. The van der Waals surface area contributed by atoms with Gasteiger partial charge in [-0.2, -0.15) is 0 Å². The molecule has 5 nitrogen and oxygen atoms in total. The van der Waals surface area contributed by atoms with Crippen molar-refractivity contribution in [2.24, 2.45) is 7.05 Å². The highest BCUT2D eigenvalue weighted by Gasteiger charge is 2.24. The van der Waals surface area contributed by atoms with Crippen LogP contribution in [0.3, 0.4) is 0 Å². The standard InChI is InChI=1S/C30H44ClN2O3.HI/c1-4-5-6-7-8-9-10-11-12-13-14-17-22-36-29-20-19-26(23-28(29)31)30(35)33(25(2)34)24-27-18-15-16-21-32(27)3;/h15-16,18-21,23H,4-14,17,22,24H2,1-3H3;1H/q+1;/p-1. The van der Waals surface area contributed by atoms with Crippen molar-refractivity contribution in [1.82, 2.24) is 4.90 Å². The Morgan fingerprint density at radius 1 is 0.892 bits per heavy atom.